The van der Waals surface area contributed by atoms with Crippen molar-refractivity contribution < 1.29 is 14.7 Å². The summed E-state index contributed by atoms with van der Waals surface area (Å²) in [7, 11) is 0. The van der Waals surface area contributed by atoms with Gasteiger partial charge in [0.25, 0.3) is 0 Å². The Labute approximate surface area is 142 Å². The van der Waals surface area contributed by atoms with Crippen molar-refractivity contribution in [2.75, 3.05) is 6.54 Å². The first-order valence-corrected chi connectivity index (χ1v) is 8.33. The molecule has 2 N–H and O–H groups in total. The van der Waals surface area contributed by atoms with Gasteiger partial charge in [-0.05, 0) is 29.2 Å². The molecule has 4 heteroatoms. The molecule has 1 amide bonds. The molecule has 2 aromatic carbocycles. The quantitative estimate of drug-likeness (QED) is 0.816. The first kappa shape index (κ1) is 18.0. The Hall–Kier alpha value is -2.36. The number of aliphatic carboxylic acids is 1. The maximum atomic E-state index is 12.2. The summed E-state index contributed by atoms with van der Waals surface area (Å²) < 4.78 is 0. The second-order valence-electron chi connectivity index (χ2n) is 6.83. The molecule has 1 unspecified atom stereocenters. The van der Waals surface area contributed by atoms with Crippen LogP contribution < -0.4 is 5.32 Å². The topological polar surface area (TPSA) is 66.4 Å². The number of hydrogen-bond donors (Lipinski definition) is 2. The number of rotatable bonds is 7. The average Bonchev–Trinajstić information content (AvgIpc) is 2.58. The number of carboxylic acids is 1. The smallest absolute Gasteiger partial charge is 0.308 e. The van der Waals surface area contributed by atoms with E-state index in [1.165, 1.54) is 0 Å². The van der Waals surface area contributed by atoms with Crippen LogP contribution in [-0.2, 0) is 16.0 Å². The average molecular weight is 327 g/mol. The molecule has 2 rings (SSSR count). The van der Waals surface area contributed by atoms with Crippen molar-refractivity contribution in [3.05, 3.63) is 48.0 Å². The van der Waals surface area contributed by atoms with Gasteiger partial charge in [0.15, 0.2) is 0 Å². The number of carbonyl (C=O) groups excluding carboxylic acids is 1. The fourth-order valence-corrected chi connectivity index (χ4v) is 2.60. The van der Waals surface area contributed by atoms with Crippen molar-refractivity contribution in [2.24, 2.45) is 11.3 Å². The molecule has 0 radical (unpaired) electrons. The van der Waals surface area contributed by atoms with Crippen LogP contribution in [0.4, 0.5) is 0 Å². The van der Waals surface area contributed by atoms with Crippen LogP contribution in [0.5, 0.6) is 0 Å². The van der Waals surface area contributed by atoms with Gasteiger partial charge in [-0.1, -0.05) is 63.2 Å². The lowest BCUT2D eigenvalue weighted by molar-refractivity contribution is -0.141. The lowest BCUT2D eigenvalue weighted by Gasteiger charge is -2.23. The van der Waals surface area contributed by atoms with E-state index in [4.69, 9.17) is 0 Å². The second kappa shape index (κ2) is 7.47. The minimum absolute atomic E-state index is 0.103. The fourth-order valence-electron chi connectivity index (χ4n) is 2.60. The van der Waals surface area contributed by atoms with E-state index < -0.39 is 17.3 Å². The zero-order chi connectivity index (χ0) is 17.7. The first-order valence-electron chi connectivity index (χ1n) is 8.33. The van der Waals surface area contributed by atoms with Crippen LogP contribution in [0.3, 0.4) is 0 Å². The fraction of sp³-hybridized carbons (Fsp3) is 0.400. The summed E-state index contributed by atoms with van der Waals surface area (Å²) in [5.74, 6) is -1.64. The molecule has 0 saturated heterocycles. The van der Waals surface area contributed by atoms with Crippen LogP contribution in [-0.4, -0.2) is 23.5 Å². The monoisotopic (exact) mass is 327 g/mol. The van der Waals surface area contributed by atoms with Gasteiger partial charge in [-0.3, -0.25) is 9.59 Å². The molecule has 0 fully saturated rings. The summed E-state index contributed by atoms with van der Waals surface area (Å²) >= 11 is 0. The standard InChI is InChI=1S/C20H25NO3/c1-4-20(2,3)19(24)21-13-16(18(22)23)12-15-10-7-9-14-8-5-6-11-17(14)15/h5-11,16H,4,12-13H2,1-3H3,(H,21,24)(H,22,23). The molecule has 24 heavy (non-hydrogen) atoms. The van der Waals surface area contributed by atoms with Gasteiger partial charge >= 0.3 is 5.97 Å². The van der Waals surface area contributed by atoms with Crippen molar-refractivity contribution in [2.45, 2.75) is 33.6 Å². The van der Waals surface area contributed by atoms with E-state index >= 15 is 0 Å². The number of amides is 1. The molecule has 128 valence electrons. The van der Waals surface area contributed by atoms with E-state index in [1.54, 1.807) is 0 Å². The molecule has 0 saturated carbocycles. The summed E-state index contributed by atoms with van der Waals surface area (Å²) in [6, 6.07) is 13.8. The van der Waals surface area contributed by atoms with Crippen LogP contribution in [0, 0.1) is 11.3 Å². The predicted octanol–water partition coefficient (Wildman–Crippen LogP) is 3.64. The Morgan fingerprint density at radius 2 is 1.79 bits per heavy atom. The third-order valence-corrected chi connectivity index (χ3v) is 4.70. The molecule has 0 aliphatic carbocycles. The molecule has 2 aromatic rings. The van der Waals surface area contributed by atoms with E-state index in [0.717, 1.165) is 16.3 Å². The Bertz CT molecular complexity index is 731. The molecule has 1 atom stereocenters. The third kappa shape index (κ3) is 4.13. The second-order valence-corrected chi connectivity index (χ2v) is 6.83. The van der Waals surface area contributed by atoms with Gasteiger partial charge in [-0.2, -0.15) is 0 Å². The number of carboxylic acid groups (broad SMARTS) is 1. The number of nitrogens with one attached hydrogen (secondary N) is 1. The highest BCUT2D eigenvalue weighted by molar-refractivity contribution is 5.86. The normalized spacial score (nSPS) is 12.8. The SMILES string of the molecule is CCC(C)(C)C(=O)NCC(Cc1cccc2ccccc12)C(=O)O. The summed E-state index contributed by atoms with van der Waals surface area (Å²) in [6.07, 6.45) is 1.10. The van der Waals surface area contributed by atoms with Gasteiger partial charge < -0.3 is 10.4 Å². The van der Waals surface area contributed by atoms with Crippen LogP contribution in [0.2, 0.25) is 0 Å². The van der Waals surface area contributed by atoms with Crippen molar-refractivity contribution in [1.82, 2.24) is 5.32 Å². The van der Waals surface area contributed by atoms with Crippen LogP contribution in [0.15, 0.2) is 42.5 Å². The summed E-state index contributed by atoms with van der Waals surface area (Å²) in [4.78, 5) is 23.8. The van der Waals surface area contributed by atoms with Gasteiger partial charge in [-0.25, -0.2) is 0 Å². The first-order chi connectivity index (χ1) is 11.3. The van der Waals surface area contributed by atoms with E-state index in [-0.39, 0.29) is 12.5 Å². The zero-order valence-electron chi connectivity index (χ0n) is 14.5. The van der Waals surface area contributed by atoms with E-state index in [2.05, 4.69) is 5.32 Å². The van der Waals surface area contributed by atoms with E-state index in [1.807, 2.05) is 63.2 Å². The van der Waals surface area contributed by atoms with Gasteiger partial charge in [0.2, 0.25) is 5.91 Å². The highest BCUT2D eigenvalue weighted by atomic mass is 16.4. The van der Waals surface area contributed by atoms with E-state index in [9.17, 15) is 14.7 Å². The minimum atomic E-state index is -0.891. The van der Waals surface area contributed by atoms with E-state index in [0.29, 0.717) is 12.8 Å². The molecule has 0 aromatic heterocycles. The maximum Gasteiger partial charge on any atom is 0.308 e. The largest absolute Gasteiger partial charge is 0.481 e. The third-order valence-electron chi connectivity index (χ3n) is 4.70. The lowest BCUT2D eigenvalue weighted by Crippen LogP contribution is -2.41. The number of hydrogen-bond acceptors (Lipinski definition) is 2. The number of benzene rings is 2. The van der Waals surface area contributed by atoms with Gasteiger partial charge in [0.05, 0.1) is 5.92 Å². The lowest BCUT2D eigenvalue weighted by atomic mass is 9.88. The van der Waals surface area contributed by atoms with Crippen molar-refractivity contribution in [3.63, 3.8) is 0 Å². The molecule has 0 bridgehead atoms. The van der Waals surface area contributed by atoms with Crippen molar-refractivity contribution in [3.8, 4) is 0 Å². The van der Waals surface area contributed by atoms with Gasteiger partial charge in [-0.15, -0.1) is 0 Å². The van der Waals surface area contributed by atoms with Crippen molar-refractivity contribution in [1.29, 1.82) is 0 Å². The Morgan fingerprint density at radius 1 is 1.12 bits per heavy atom. The molecule has 0 spiro atoms. The van der Waals surface area contributed by atoms with Crippen molar-refractivity contribution >= 4 is 22.6 Å². The molecular weight excluding hydrogens is 302 g/mol. The minimum Gasteiger partial charge on any atom is -0.481 e. The summed E-state index contributed by atoms with van der Waals surface area (Å²) in [5.41, 5.74) is 0.507. The van der Waals surface area contributed by atoms with Crippen LogP contribution in [0.1, 0.15) is 32.8 Å². The van der Waals surface area contributed by atoms with Gasteiger partial charge in [0.1, 0.15) is 0 Å². The summed E-state index contributed by atoms with van der Waals surface area (Å²) in [5, 5.41) is 14.5. The molecule has 4 nitrogen and oxygen atoms in total. The zero-order valence-corrected chi connectivity index (χ0v) is 14.5. The highest BCUT2D eigenvalue weighted by Gasteiger charge is 2.27. The predicted molar refractivity (Wildman–Crippen MR) is 95.9 cm³/mol. The molecule has 0 aliphatic rings. The van der Waals surface area contributed by atoms with Crippen LogP contribution >= 0.6 is 0 Å². The molecule has 0 heterocycles. The van der Waals surface area contributed by atoms with Gasteiger partial charge in [0, 0.05) is 12.0 Å². The molecular formula is C20H25NO3. The number of fused-ring (bicyclic) bond motifs is 1. The Balaban J connectivity index is 2.14. The summed E-state index contributed by atoms with van der Waals surface area (Å²) in [6.45, 7) is 5.82. The Morgan fingerprint density at radius 3 is 2.46 bits per heavy atom. The molecule has 0 aliphatic heterocycles. The number of carbonyl (C=O) groups is 2. The van der Waals surface area contributed by atoms with Crippen LogP contribution in [0.25, 0.3) is 10.8 Å². The highest BCUT2D eigenvalue weighted by Crippen LogP contribution is 2.22. The maximum absolute atomic E-state index is 12.2. The Kier molecular flexibility index (Phi) is 5.60.